The van der Waals surface area contributed by atoms with Crippen molar-refractivity contribution in [2.24, 2.45) is 0 Å². The Hall–Kier alpha value is -2.87. The standard InChI is InChI=1S/C22H17Cl2N5OS/c23-17-8-6-16(7-9-17)19-10-11-25-22(26-19)31-14-20(30)27-21-18(24)13-29(28-21)12-15-4-2-1-3-5-15/h1-11,13H,12,14H2,(H,27,28,30). The summed E-state index contributed by atoms with van der Waals surface area (Å²) in [5.74, 6) is 0.225. The summed E-state index contributed by atoms with van der Waals surface area (Å²) in [4.78, 5) is 21.1. The molecule has 0 aliphatic carbocycles. The second kappa shape index (κ2) is 9.96. The van der Waals surface area contributed by atoms with E-state index in [4.69, 9.17) is 23.2 Å². The number of aromatic nitrogens is 4. The van der Waals surface area contributed by atoms with E-state index in [1.807, 2.05) is 48.5 Å². The molecule has 4 aromatic rings. The lowest BCUT2D eigenvalue weighted by molar-refractivity contribution is -0.113. The fraction of sp³-hybridized carbons (Fsp3) is 0.0909. The van der Waals surface area contributed by atoms with Crippen molar-refractivity contribution in [2.45, 2.75) is 11.7 Å². The first-order valence-corrected chi connectivity index (χ1v) is 11.1. The molecule has 0 fully saturated rings. The fourth-order valence-electron chi connectivity index (χ4n) is 2.82. The molecule has 0 saturated heterocycles. The highest BCUT2D eigenvalue weighted by molar-refractivity contribution is 7.99. The van der Waals surface area contributed by atoms with Crippen LogP contribution in [0.15, 0.2) is 78.2 Å². The Kier molecular flexibility index (Phi) is 6.86. The van der Waals surface area contributed by atoms with E-state index >= 15 is 0 Å². The van der Waals surface area contributed by atoms with Crippen LogP contribution in [0.1, 0.15) is 5.56 Å². The summed E-state index contributed by atoms with van der Waals surface area (Å²) >= 11 is 13.4. The highest BCUT2D eigenvalue weighted by Gasteiger charge is 2.12. The van der Waals surface area contributed by atoms with Gasteiger partial charge in [0.1, 0.15) is 5.02 Å². The summed E-state index contributed by atoms with van der Waals surface area (Å²) < 4.78 is 1.69. The largest absolute Gasteiger partial charge is 0.307 e. The molecular formula is C22H17Cl2N5OS. The lowest BCUT2D eigenvalue weighted by Crippen LogP contribution is -2.15. The van der Waals surface area contributed by atoms with Gasteiger partial charge in [0.15, 0.2) is 11.0 Å². The van der Waals surface area contributed by atoms with Crippen molar-refractivity contribution in [3.63, 3.8) is 0 Å². The number of hydrogen-bond acceptors (Lipinski definition) is 5. The van der Waals surface area contributed by atoms with E-state index in [9.17, 15) is 4.79 Å². The molecule has 0 unspecified atom stereocenters. The highest BCUT2D eigenvalue weighted by atomic mass is 35.5. The zero-order valence-electron chi connectivity index (χ0n) is 16.2. The number of amides is 1. The molecule has 0 saturated carbocycles. The molecule has 0 bridgehead atoms. The van der Waals surface area contributed by atoms with Crippen LogP contribution in [-0.4, -0.2) is 31.4 Å². The van der Waals surface area contributed by atoms with E-state index in [1.165, 1.54) is 11.8 Å². The first-order valence-electron chi connectivity index (χ1n) is 9.35. The fourth-order valence-corrected chi connectivity index (χ4v) is 3.78. The van der Waals surface area contributed by atoms with Gasteiger partial charge in [-0.05, 0) is 23.8 Å². The number of anilines is 1. The summed E-state index contributed by atoms with van der Waals surface area (Å²) in [6.45, 7) is 0.566. The second-order valence-electron chi connectivity index (χ2n) is 6.58. The maximum absolute atomic E-state index is 12.4. The van der Waals surface area contributed by atoms with E-state index in [1.54, 1.807) is 29.2 Å². The summed E-state index contributed by atoms with van der Waals surface area (Å²) in [6.07, 6.45) is 3.36. The molecule has 9 heteroatoms. The molecule has 156 valence electrons. The molecule has 2 aromatic heterocycles. The SMILES string of the molecule is O=C(CSc1nccc(-c2ccc(Cl)cc2)n1)Nc1nn(Cc2ccccc2)cc1Cl. The quantitative estimate of drug-likeness (QED) is 0.288. The molecule has 2 aromatic carbocycles. The molecule has 1 amide bonds. The van der Waals surface area contributed by atoms with E-state index in [0.717, 1.165) is 16.8 Å². The topological polar surface area (TPSA) is 72.7 Å². The van der Waals surface area contributed by atoms with Crippen LogP contribution >= 0.6 is 35.0 Å². The Labute approximate surface area is 193 Å². The number of nitrogens with one attached hydrogen (secondary N) is 1. The van der Waals surface area contributed by atoms with Gasteiger partial charge in [0, 0.05) is 23.0 Å². The normalized spacial score (nSPS) is 10.8. The number of halogens is 2. The maximum atomic E-state index is 12.4. The Bertz CT molecular complexity index is 1180. The van der Waals surface area contributed by atoms with E-state index in [-0.39, 0.29) is 11.7 Å². The zero-order valence-corrected chi connectivity index (χ0v) is 18.5. The predicted octanol–water partition coefficient (Wildman–Crippen LogP) is 5.43. The zero-order chi connectivity index (χ0) is 21.6. The van der Waals surface area contributed by atoms with Crippen LogP contribution in [0.2, 0.25) is 10.0 Å². The van der Waals surface area contributed by atoms with Crippen molar-refractivity contribution in [1.29, 1.82) is 0 Å². The van der Waals surface area contributed by atoms with Crippen LogP contribution in [0.4, 0.5) is 5.82 Å². The molecule has 0 atom stereocenters. The summed E-state index contributed by atoms with van der Waals surface area (Å²) in [6, 6.07) is 19.1. The van der Waals surface area contributed by atoms with Crippen LogP contribution in [0.5, 0.6) is 0 Å². The summed E-state index contributed by atoms with van der Waals surface area (Å²) in [5, 5.41) is 8.66. The third-order valence-electron chi connectivity index (χ3n) is 4.27. The van der Waals surface area contributed by atoms with Crippen LogP contribution in [0.3, 0.4) is 0 Å². The van der Waals surface area contributed by atoms with Gasteiger partial charge in [0.2, 0.25) is 5.91 Å². The molecule has 31 heavy (non-hydrogen) atoms. The smallest absolute Gasteiger partial charge is 0.236 e. The molecule has 0 aliphatic heterocycles. The van der Waals surface area contributed by atoms with Crippen molar-refractivity contribution < 1.29 is 4.79 Å². The first kappa shape index (κ1) is 21.4. The van der Waals surface area contributed by atoms with Gasteiger partial charge in [0.05, 0.1) is 18.0 Å². The van der Waals surface area contributed by atoms with Gasteiger partial charge >= 0.3 is 0 Å². The molecule has 2 heterocycles. The van der Waals surface area contributed by atoms with Crippen molar-refractivity contribution in [1.82, 2.24) is 19.7 Å². The van der Waals surface area contributed by atoms with Crippen molar-refractivity contribution >= 4 is 46.7 Å². The molecule has 6 nitrogen and oxygen atoms in total. The Morgan fingerprint density at radius 3 is 2.58 bits per heavy atom. The van der Waals surface area contributed by atoms with Crippen molar-refractivity contribution in [3.05, 3.63) is 88.7 Å². The molecular weight excluding hydrogens is 453 g/mol. The van der Waals surface area contributed by atoms with Gasteiger partial charge in [-0.1, -0.05) is 77.4 Å². The highest BCUT2D eigenvalue weighted by Crippen LogP contribution is 2.23. The van der Waals surface area contributed by atoms with Crippen LogP contribution in [-0.2, 0) is 11.3 Å². The molecule has 0 spiro atoms. The van der Waals surface area contributed by atoms with E-state index < -0.39 is 0 Å². The number of rotatable bonds is 7. The number of carbonyl (C=O) groups excluding carboxylic acids is 1. The lowest BCUT2D eigenvalue weighted by Gasteiger charge is -2.05. The van der Waals surface area contributed by atoms with Gasteiger partial charge < -0.3 is 5.32 Å². The van der Waals surface area contributed by atoms with Gasteiger partial charge in [0.25, 0.3) is 0 Å². The lowest BCUT2D eigenvalue weighted by atomic mass is 10.1. The Morgan fingerprint density at radius 1 is 1.03 bits per heavy atom. The second-order valence-corrected chi connectivity index (χ2v) is 8.36. The van der Waals surface area contributed by atoms with Crippen LogP contribution in [0.25, 0.3) is 11.3 Å². The van der Waals surface area contributed by atoms with Gasteiger partial charge in [-0.25, -0.2) is 9.97 Å². The number of carbonyl (C=O) groups is 1. The maximum Gasteiger partial charge on any atom is 0.236 e. The molecule has 4 rings (SSSR count). The van der Waals surface area contributed by atoms with E-state index in [2.05, 4.69) is 20.4 Å². The molecule has 0 aliphatic rings. The minimum atomic E-state index is -0.239. The molecule has 1 N–H and O–H groups in total. The van der Waals surface area contributed by atoms with Gasteiger partial charge in [-0.3, -0.25) is 9.48 Å². The van der Waals surface area contributed by atoms with Gasteiger partial charge in [-0.2, -0.15) is 5.10 Å². The van der Waals surface area contributed by atoms with Crippen molar-refractivity contribution in [2.75, 3.05) is 11.1 Å². The Morgan fingerprint density at radius 2 is 1.81 bits per heavy atom. The summed E-state index contributed by atoms with van der Waals surface area (Å²) in [7, 11) is 0. The molecule has 0 radical (unpaired) electrons. The van der Waals surface area contributed by atoms with Crippen LogP contribution < -0.4 is 5.32 Å². The number of nitrogens with zero attached hydrogens (tertiary/aromatic N) is 4. The third-order valence-corrected chi connectivity index (χ3v) is 5.66. The number of thioether (sulfide) groups is 1. The van der Waals surface area contributed by atoms with Crippen molar-refractivity contribution in [3.8, 4) is 11.3 Å². The first-order chi connectivity index (χ1) is 15.1. The average Bonchev–Trinajstić information content (AvgIpc) is 3.12. The predicted molar refractivity (Wildman–Crippen MR) is 125 cm³/mol. The average molecular weight is 470 g/mol. The number of hydrogen-bond donors (Lipinski definition) is 1. The van der Waals surface area contributed by atoms with Crippen LogP contribution in [0, 0.1) is 0 Å². The summed E-state index contributed by atoms with van der Waals surface area (Å²) in [5.41, 5.74) is 2.78. The Balaban J connectivity index is 1.35. The minimum Gasteiger partial charge on any atom is -0.307 e. The minimum absolute atomic E-state index is 0.131. The van der Waals surface area contributed by atoms with Gasteiger partial charge in [-0.15, -0.1) is 0 Å². The number of benzene rings is 2. The van der Waals surface area contributed by atoms with E-state index in [0.29, 0.717) is 27.6 Å². The third kappa shape index (κ3) is 5.85. The monoisotopic (exact) mass is 469 g/mol.